The number of aryl methyl sites for hydroxylation is 1. The van der Waals surface area contributed by atoms with Crippen LogP contribution in [0.2, 0.25) is 0 Å². The molecule has 21 heavy (non-hydrogen) atoms. The number of benzene rings is 1. The van der Waals surface area contributed by atoms with E-state index in [4.69, 9.17) is 9.47 Å². The zero-order chi connectivity index (χ0) is 15.2. The smallest absolute Gasteiger partial charge is 0.162 e. The first-order valence-electron chi connectivity index (χ1n) is 7.02. The summed E-state index contributed by atoms with van der Waals surface area (Å²) in [5, 5.41) is 6.47. The Kier molecular flexibility index (Phi) is 5.59. The molecule has 0 fully saturated rings. The molecule has 0 spiro atoms. The maximum Gasteiger partial charge on any atom is 0.162 e. The monoisotopic (exact) mass is 306 g/mol. The van der Waals surface area contributed by atoms with Gasteiger partial charge in [0.1, 0.15) is 6.61 Å². The van der Waals surface area contributed by atoms with Gasteiger partial charge in [-0.05, 0) is 24.6 Å². The fourth-order valence-corrected chi connectivity index (χ4v) is 2.49. The summed E-state index contributed by atoms with van der Waals surface area (Å²) < 4.78 is 11.2. The average Bonchev–Trinajstić information content (AvgIpc) is 2.88. The summed E-state index contributed by atoms with van der Waals surface area (Å²) in [6, 6.07) is 6.47. The van der Waals surface area contributed by atoms with Crippen LogP contribution in [0.3, 0.4) is 0 Å². The number of hydrogen-bond acceptors (Lipinski definition) is 5. The van der Waals surface area contributed by atoms with E-state index in [1.54, 1.807) is 18.4 Å². The molecular formula is C16H22N2O2S. The third-order valence-electron chi connectivity index (χ3n) is 2.98. The molecule has 0 aliphatic heterocycles. The van der Waals surface area contributed by atoms with Gasteiger partial charge in [-0.2, -0.15) is 0 Å². The van der Waals surface area contributed by atoms with Gasteiger partial charge in [-0.3, -0.25) is 0 Å². The Balaban J connectivity index is 2.06. The quantitative estimate of drug-likeness (QED) is 0.850. The van der Waals surface area contributed by atoms with E-state index in [1.807, 2.05) is 30.5 Å². The van der Waals surface area contributed by atoms with E-state index >= 15 is 0 Å². The van der Waals surface area contributed by atoms with E-state index < -0.39 is 0 Å². The van der Waals surface area contributed by atoms with Crippen molar-refractivity contribution in [2.24, 2.45) is 0 Å². The lowest BCUT2D eigenvalue weighted by Gasteiger charge is -2.13. The molecular weight excluding hydrogens is 284 g/mol. The lowest BCUT2D eigenvalue weighted by atomic mass is 10.2. The summed E-state index contributed by atoms with van der Waals surface area (Å²) in [7, 11) is 1.65. The van der Waals surface area contributed by atoms with E-state index in [-0.39, 0.29) is 0 Å². The lowest BCUT2D eigenvalue weighted by molar-refractivity contribution is 0.281. The number of nitrogens with zero attached hydrogens (tertiary/aromatic N) is 1. The van der Waals surface area contributed by atoms with Crippen LogP contribution in [-0.4, -0.2) is 18.1 Å². The highest BCUT2D eigenvalue weighted by Gasteiger charge is 2.08. The molecule has 0 saturated heterocycles. The van der Waals surface area contributed by atoms with Crippen molar-refractivity contribution in [3.63, 3.8) is 0 Å². The molecule has 1 N–H and O–H groups in total. The van der Waals surface area contributed by atoms with Gasteiger partial charge in [-0.25, -0.2) is 4.98 Å². The fourth-order valence-electron chi connectivity index (χ4n) is 1.89. The fraction of sp³-hybridized carbons (Fsp3) is 0.438. The van der Waals surface area contributed by atoms with E-state index in [1.165, 1.54) is 5.56 Å². The van der Waals surface area contributed by atoms with Crippen LogP contribution in [0, 0.1) is 6.92 Å². The van der Waals surface area contributed by atoms with Crippen LogP contribution in [-0.2, 0) is 13.2 Å². The molecule has 4 nitrogen and oxygen atoms in total. The SMILES string of the molecule is COc1ccc(CNC(C)C)cc1OCc1csc(C)n1. The van der Waals surface area contributed by atoms with Crippen LogP contribution in [0.5, 0.6) is 11.5 Å². The van der Waals surface area contributed by atoms with Crippen molar-refractivity contribution in [3.8, 4) is 11.5 Å². The highest BCUT2D eigenvalue weighted by Crippen LogP contribution is 2.29. The van der Waals surface area contributed by atoms with Crippen LogP contribution in [0.1, 0.15) is 30.1 Å². The summed E-state index contributed by atoms with van der Waals surface area (Å²) in [5.74, 6) is 1.50. The number of thiazole rings is 1. The van der Waals surface area contributed by atoms with Gasteiger partial charge in [-0.1, -0.05) is 19.9 Å². The van der Waals surface area contributed by atoms with Crippen molar-refractivity contribution in [2.45, 2.75) is 40.0 Å². The van der Waals surface area contributed by atoms with Gasteiger partial charge >= 0.3 is 0 Å². The molecule has 2 aromatic rings. The molecule has 0 aliphatic rings. The van der Waals surface area contributed by atoms with Gasteiger partial charge in [0.2, 0.25) is 0 Å². The third-order valence-corrected chi connectivity index (χ3v) is 3.81. The van der Waals surface area contributed by atoms with Crippen LogP contribution in [0.25, 0.3) is 0 Å². The molecule has 5 heteroatoms. The minimum Gasteiger partial charge on any atom is -0.493 e. The van der Waals surface area contributed by atoms with E-state index in [2.05, 4.69) is 24.1 Å². The van der Waals surface area contributed by atoms with Crippen LogP contribution in [0.4, 0.5) is 0 Å². The second kappa shape index (κ2) is 7.43. The molecule has 0 saturated carbocycles. The van der Waals surface area contributed by atoms with Crippen LogP contribution in [0.15, 0.2) is 23.6 Å². The van der Waals surface area contributed by atoms with Crippen LogP contribution < -0.4 is 14.8 Å². The van der Waals surface area contributed by atoms with Crippen molar-refractivity contribution in [2.75, 3.05) is 7.11 Å². The number of hydrogen-bond donors (Lipinski definition) is 1. The van der Waals surface area contributed by atoms with Gasteiger partial charge in [0.05, 0.1) is 17.8 Å². The zero-order valence-electron chi connectivity index (χ0n) is 13.0. The van der Waals surface area contributed by atoms with E-state index in [9.17, 15) is 0 Å². The Morgan fingerprint density at radius 3 is 2.71 bits per heavy atom. The van der Waals surface area contributed by atoms with Gasteiger partial charge in [0.25, 0.3) is 0 Å². The Morgan fingerprint density at radius 1 is 1.29 bits per heavy atom. The van der Waals surface area contributed by atoms with E-state index in [0.717, 1.165) is 28.7 Å². The highest BCUT2D eigenvalue weighted by molar-refractivity contribution is 7.09. The van der Waals surface area contributed by atoms with Crippen LogP contribution >= 0.6 is 11.3 Å². The summed E-state index contributed by atoms with van der Waals surface area (Å²) in [4.78, 5) is 4.40. The maximum absolute atomic E-state index is 5.87. The van der Waals surface area contributed by atoms with Crippen molar-refractivity contribution in [3.05, 3.63) is 39.8 Å². The van der Waals surface area contributed by atoms with Crippen molar-refractivity contribution in [1.29, 1.82) is 0 Å². The molecule has 0 bridgehead atoms. The second-order valence-corrected chi connectivity index (χ2v) is 6.23. The van der Waals surface area contributed by atoms with Crippen molar-refractivity contribution >= 4 is 11.3 Å². The van der Waals surface area contributed by atoms with Crippen molar-refractivity contribution < 1.29 is 9.47 Å². The van der Waals surface area contributed by atoms with Gasteiger partial charge in [0.15, 0.2) is 11.5 Å². The average molecular weight is 306 g/mol. The van der Waals surface area contributed by atoms with E-state index in [0.29, 0.717) is 12.6 Å². The number of rotatable bonds is 7. The molecule has 0 aliphatic carbocycles. The number of nitrogens with one attached hydrogen (secondary N) is 1. The molecule has 1 heterocycles. The number of ether oxygens (including phenoxy) is 2. The Hall–Kier alpha value is -1.59. The molecule has 0 atom stereocenters. The maximum atomic E-state index is 5.87. The Bertz CT molecular complexity index is 581. The summed E-state index contributed by atoms with van der Waals surface area (Å²) >= 11 is 1.63. The minimum absolute atomic E-state index is 0.453. The number of aromatic nitrogens is 1. The number of methoxy groups -OCH3 is 1. The first-order chi connectivity index (χ1) is 10.1. The standard InChI is InChI=1S/C16H22N2O2S/c1-11(2)17-8-13-5-6-15(19-4)16(7-13)20-9-14-10-21-12(3)18-14/h5-7,10-11,17H,8-9H2,1-4H3. The summed E-state index contributed by atoms with van der Waals surface area (Å²) in [5.41, 5.74) is 2.12. The predicted molar refractivity (Wildman–Crippen MR) is 86.2 cm³/mol. The first-order valence-corrected chi connectivity index (χ1v) is 7.90. The molecule has 114 valence electrons. The molecule has 2 rings (SSSR count). The molecule has 0 unspecified atom stereocenters. The lowest BCUT2D eigenvalue weighted by Crippen LogP contribution is -2.21. The predicted octanol–water partition coefficient (Wildman–Crippen LogP) is 3.54. The van der Waals surface area contributed by atoms with Gasteiger partial charge in [-0.15, -0.1) is 11.3 Å². The minimum atomic E-state index is 0.453. The molecule has 1 aromatic heterocycles. The molecule has 0 amide bonds. The normalized spacial score (nSPS) is 10.9. The zero-order valence-corrected chi connectivity index (χ0v) is 13.8. The molecule has 0 radical (unpaired) electrons. The van der Waals surface area contributed by atoms with Crippen molar-refractivity contribution in [1.82, 2.24) is 10.3 Å². The topological polar surface area (TPSA) is 43.4 Å². The third kappa shape index (κ3) is 4.72. The second-order valence-electron chi connectivity index (χ2n) is 5.17. The summed E-state index contributed by atoms with van der Waals surface area (Å²) in [6.07, 6.45) is 0. The summed E-state index contributed by atoms with van der Waals surface area (Å²) in [6.45, 7) is 7.53. The van der Waals surface area contributed by atoms with Gasteiger partial charge < -0.3 is 14.8 Å². The Morgan fingerprint density at radius 2 is 2.10 bits per heavy atom. The highest BCUT2D eigenvalue weighted by atomic mass is 32.1. The first kappa shape index (κ1) is 15.8. The Labute approximate surface area is 130 Å². The molecule has 1 aromatic carbocycles. The van der Waals surface area contributed by atoms with Gasteiger partial charge in [0, 0.05) is 18.0 Å². The largest absolute Gasteiger partial charge is 0.493 e.